The average molecular weight is 363 g/mol. The molecular weight excluding hydrogens is 342 g/mol. The van der Waals surface area contributed by atoms with E-state index in [0.29, 0.717) is 49.7 Å². The van der Waals surface area contributed by atoms with Crippen molar-refractivity contribution < 1.29 is 9.59 Å². The molecule has 4 rings (SSSR count). The molecule has 0 radical (unpaired) electrons. The standard InChI is InChI=1S/C20H21N5O2/c1-13-17-15(5-2-6-16(17)26)23-18(13)20(27)25-10-8-24(9-11-25)19-14(12-21)4-3-7-22-19/h3-4,7,23H,2,5-6,8-11H2,1H3. The van der Waals surface area contributed by atoms with Crippen LogP contribution < -0.4 is 4.90 Å². The number of nitrogens with one attached hydrogen (secondary N) is 1. The summed E-state index contributed by atoms with van der Waals surface area (Å²) in [6.07, 6.45) is 3.89. The van der Waals surface area contributed by atoms with Gasteiger partial charge in [0.1, 0.15) is 17.6 Å². The van der Waals surface area contributed by atoms with Crippen molar-refractivity contribution in [2.75, 3.05) is 31.1 Å². The van der Waals surface area contributed by atoms with Crippen LogP contribution in [-0.4, -0.2) is 52.7 Å². The minimum Gasteiger partial charge on any atom is -0.354 e. The summed E-state index contributed by atoms with van der Waals surface area (Å²) in [6.45, 7) is 4.20. The van der Waals surface area contributed by atoms with Gasteiger partial charge in [-0.3, -0.25) is 9.59 Å². The Balaban J connectivity index is 1.50. The number of ketones is 1. The number of amides is 1. The predicted molar refractivity (Wildman–Crippen MR) is 99.9 cm³/mol. The van der Waals surface area contributed by atoms with Gasteiger partial charge in [0.05, 0.1) is 5.56 Å². The molecule has 0 saturated carbocycles. The first-order valence-corrected chi connectivity index (χ1v) is 9.24. The second-order valence-corrected chi connectivity index (χ2v) is 7.02. The van der Waals surface area contributed by atoms with E-state index < -0.39 is 0 Å². The summed E-state index contributed by atoms with van der Waals surface area (Å²) in [5.41, 5.74) is 3.48. The van der Waals surface area contributed by atoms with E-state index in [9.17, 15) is 14.9 Å². The fraction of sp³-hybridized carbons (Fsp3) is 0.400. The topological polar surface area (TPSA) is 93.1 Å². The Morgan fingerprint density at radius 3 is 2.74 bits per heavy atom. The summed E-state index contributed by atoms with van der Waals surface area (Å²) in [7, 11) is 0. The van der Waals surface area contributed by atoms with E-state index in [1.54, 1.807) is 23.2 Å². The van der Waals surface area contributed by atoms with Gasteiger partial charge in [-0.05, 0) is 37.5 Å². The van der Waals surface area contributed by atoms with E-state index in [4.69, 9.17) is 0 Å². The van der Waals surface area contributed by atoms with Crippen LogP contribution in [0.15, 0.2) is 18.3 Å². The highest BCUT2D eigenvalue weighted by Crippen LogP contribution is 2.27. The number of Topliss-reactive ketones (excluding diaryl/α,β-unsaturated/α-hetero) is 1. The third-order valence-corrected chi connectivity index (χ3v) is 5.42. The van der Waals surface area contributed by atoms with Crippen molar-refractivity contribution in [3.8, 4) is 6.07 Å². The first-order valence-electron chi connectivity index (χ1n) is 9.24. The molecule has 1 amide bonds. The smallest absolute Gasteiger partial charge is 0.270 e. The van der Waals surface area contributed by atoms with Crippen molar-refractivity contribution in [1.29, 1.82) is 5.26 Å². The third kappa shape index (κ3) is 2.97. The molecule has 3 heterocycles. The summed E-state index contributed by atoms with van der Waals surface area (Å²) in [6, 6.07) is 5.67. The number of hydrogen-bond donors (Lipinski definition) is 1. The minimum absolute atomic E-state index is 0.0594. The molecule has 138 valence electrons. The second kappa shape index (κ2) is 6.88. The minimum atomic E-state index is -0.0594. The lowest BCUT2D eigenvalue weighted by Crippen LogP contribution is -2.49. The highest BCUT2D eigenvalue weighted by molar-refractivity contribution is 6.04. The largest absolute Gasteiger partial charge is 0.354 e. The zero-order chi connectivity index (χ0) is 19.0. The van der Waals surface area contributed by atoms with Gasteiger partial charge in [0, 0.05) is 50.1 Å². The molecule has 2 aromatic rings. The number of aryl methyl sites for hydroxylation is 1. The van der Waals surface area contributed by atoms with E-state index in [1.807, 2.05) is 11.8 Å². The molecule has 0 atom stereocenters. The molecule has 1 fully saturated rings. The predicted octanol–water partition coefficient (Wildman–Crippen LogP) is 2.07. The van der Waals surface area contributed by atoms with Crippen molar-refractivity contribution >= 4 is 17.5 Å². The normalized spacial score (nSPS) is 16.8. The number of carbonyl (C=O) groups excluding carboxylic acids is 2. The van der Waals surface area contributed by atoms with Crippen LogP contribution in [0.3, 0.4) is 0 Å². The third-order valence-electron chi connectivity index (χ3n) is 5.42. The maximum Gasteiger partial charge on any atom is 0.270 e. The van der Waals surface area contributed by atoms with Crippen LogP contribution >= 0.6 is 0 Å². The van der Waals surface area contributed by atoms with Crippen molar-refractivity contribution in [3.63, 3.8) is 0 Å². The summed E-state index contributed by atoms with van der Waals surface area (Å²) in [4.78, 5) is 36.6. The van der Waals surface area contributed by atoms with Gasteiger partial charge in [-0.15, -0.1) is 0 Å². The number of hydrogen-bond acceptors (Lipinski definition) is 5. The van der Waals surface area contributed by atoms with Gasteiger partial charge in [0.15, 0.2) is 5.78 Å². The van der Waals surface area contributed by atoms with Gasteiger partial charge in [-0.1, -0.05) is 0 Å². The summed E-state index contributed by atoms with van der Waals surface area (Å²) in [5, 5.41) is 9.26. The first kappa shape index (κ1) is 17.3. The number of fused-ring (bicyclic) bond motifs is 1. The van der Waals surface area contributed by atoms with Gasteiger partial charge < -0.3 is 14.8 Å². The quantitative estimate of drug-likeness (QED) is 0.882. The van der Waals surface area contributed by atoms with E-state index in [0.717, 1.165) is 29.7 Å². The number of pyridine rings is 1. The molecule has 0 spiro atoms. The number of nitrogens with zero attached hydrogens (tertiary/aromatic N) is 4. The van der Waals surface area contributed by atoms with Crippen molar-refractivity contribution in [3.05, 3.63) is 46.4 Å². The van der Waals surface area contributed by atoms with E-state index in [1.165, 1.54) is 0 Å². The lowest BCUT2D eigenvalue weighted by Gasteiger charge is -2.35. The number of aromatic amines is 1. The van der Waals surface area contributed by atoms with E-state index >= 15 is 0 Å². The van der Waals surface area contributed by atoms with E-state index in [2.05, 4.69) is 16.0 Å². The van der Waals surface area contributed by atoms with Crippen molar-refractivity contribution in [2.45, 2.75) is 26.2 Å². The van der Waals surface area contributed by atoms with Crippen LogP contribution in [0, 0.1) is 18.3 Å². The van der Waals surface area contributed by atoms with Crippen LogP contribution in [0.5, 0.6) is 0 Å². The van der Waals surface area contributed by atoms with Gasteiger partial charge in [0.25, 0.3) is 5.91 Å². The highest BCUT2D eigenvalue weighted by atomic mass is 16.2. The maximum atomic E-state index is 13.0. The van der Waals surface area contributed by atoms with Gasteiger partial charge in [-0.2, -0.15) is 5.26 Å². The molecule has 0 bridgehead atoms. The molecule has 7 heteroatoms. The molecule has 2 aliphatic rings. The Labute approximate surface area is 157 Å². The highest BCUT2D eigenvalue weighted by Gasteiger charge is 2.30. The zero-order valence-corrected chi connectivity index (χ0v) is 15.3. The number of piperazine rings is 1. The van der Waals surface area contributed by atoms with Gasteiger partial charge in [0.2, 0.25) is 0 Å². The number of H-pyrrole nitrogens is 1. The Morgan fingerprint density at radius 2 is 2.04 bits per heavy atom. The Bertz CT molecular complexity index is 948. The second-order valence-electron chi connectivity index (χ2n) is 7.02. The molecule has 1 aliphatic heterocycles. The molecule has 2 aromatic heterocycles. The first-order chi connectivity index (χ1) is 13.1. The Hall–Kier alpha value is -3.14. The number of carbonyl (C=O) groups is 2. The van der Waals surface area contributed by atoms with Gasteiger partial charge >= 0.3 is 0 Å². The molecule has 1 aliphatic carbocycles. The summed E-state index contributed by atoms with van der Waals surface area (Å²) < 4.78 is 0. The molecule has 0 unspecified atom stereocenters. The number of anilines is 1. The molecule has 7 nitrogen and oxygen atoms in total. The molecular formula is C20H21N5O2. The molecule has 1 saturated heterocycles. The fourth-order valence-corrected chi connectivity index (χ4v) is 4.00. The maximum absolute atomic E-state index is 13.0. The van der Waals surface area contributed by atoms with Crippen LogP contribution in [0.2, 0.25) is 0 Å². The monoisotopic (exact) mass is 363 g/mol. The van der Waals surface area contributed by atoms with Crippen LogP contribution in [0.25, 0.3) is 0 Å². The number of aromatic nitrogens is 2. The summed E-state index contributed by atoms with van der Waals surface area (Å²) >= 11 is 0. The van der Waals surface area contributed by atoms with Crippen LogP contribution in [0.1, 0.15) is 50.5 Å². The molecule has 27 heavy (non-hydrogen) atoms. The molecule has 1 N–H and O–H groups in total. The average Bonchev–Trinajstić information content (AvgIpc) is 3.05. The number of nitriles is 1. The van der Waals surface area contributed by atoms with Crippen molar-refractivity contribution in [1.82, 2.24) is 14.9 Å². The lowest BCUT2D eigenvalue weighted by atomic mass is 9.93. The number of rotatable bonds is 2. The molecule has 0 aromatic carbocycles. The van der Waals surface area contributed by atoms with E-state index in [-0.39, 0.29) is 11.7 Å². The Morgan fingerprint density at radius 1 is 1.26 bits per heavy atom. The van der Waals surface area contributed by atoms with Crippen LogP contribution in [-0.2, 0) is 6.42 Å². The van der Waals surface area contributed by atoms with Crippen LogP contribution in [0.4, 0.5) is 5.82 Å². The van der Waals surface area contributed by atoms with Gasteiger partial charge in [-0.25, -0.2) is 4.98 Å². The van der Waals surface area contributed by atoms with Crippen molar-refractivity contribution in [2.24, 2.45) is 0 Å². The lowest BCUT2D eigenvalue weighted by molar-refractivity contribution is 0.0740. The zero-order valence-electron chi connectivity index (χ0n) is 15.3. The Kier molecular flexibility index (Phi) is 4.40. The fourth-order valence-electron chi connectivity index (χ4n) is 4.00. The SMILES string of the molecule is Cc1c(C(=O)N2CCN(c3ncccc3C#N)CC2)[nH]c2c1C(=O)CCC2. The summed E-state index contributed by atoms with van der Waals surface area (Å²) in [5.74, 6) is 0.744.